The molecule has 1 aromatic carbocycles. The van der Waals surface area contributed by atoms with E-state index < -0.39 is 0 Å². The molecule has 0 saturated carbocycles. The van der Waals surface area contributed by atoms with Gasteiger partial charge in [0.1, 0.15) is 5.56 Å². The number of aromatic amines is 1. The average molecular weight is 351 g/mol. The standard InChI is InChI=1S/C21H25N3O2/c1-14(2)24(21(26)18-13-23(4)15(3)11-20(18)25)10-9-16-12-22-19-8-6-5-7-17(16)19/h5-8,11-14,22H,9-10H2,1-4H3. The predicted molar refractivity (Wildman–Crippen MR) is 105 cm³/mol. The first kappa shape index (κ1) is 18.0. The number of nitrogens with zero attached hydrogens (tertiary/aromatic N) is 2. The molecule has 0 saturated heterocycles. The molecule has 2 heterocycles. The zero-order chi connectivity index (χ0) is 18.8. The maximum atomic E-state index is 13.0. The zero-order valence-electron chi connectivity index (χ0n) is 15.7. The fraction of sp³-hybridized carbons (Fsp3) is 0.333. The largest absolute Gasteiger partial charge is 0.361 e. The quantitative estimate of drug-likeness (QED) is 0.767. The van der Waals surface area contributed by atoms with Crippen LogP contribution in [0.15, 0.2) is 47.5 Å². The van der Waals surface area contributed by atoms with Crippen molar-refractivity contribution < 1.29 is 4.79 Å². The van der Waals surface area contributed by atoms with Gasteiger partial charge in [0.05, 0.1) is 0 Å². The van der Waals surface area contributed by atoms with Gasteiger partial charge in [-0.2, -0.15) is 0 Å². The van der Waals surface area contributed by atoms with Crippen LogP contribution >= 0.6 is 0 Å². The van der Waals surface area contributed by atoms with Crippen LogP contribution in [-0.2, 0) is 13.5 Å². The number of benzene rings is 1. The molecule has 3 aromatic rings. The number of hydrogen-bond donors (Lipinski definition) is 1. The second-order valence-corrected chi connectivity index (χ2v) is 7.01. The topological polar surface area (TPSA) is 58.1 Å². The van der Waals surface area contributed by atoms with Crippen LogP contribution in [0.1, 0.15) is 35.5 Å². The highest BCUT2D eigenvalue weighted by molar-refractivity contribution is 5.94. The molecule has 5 heteroatoms. The number of pyridine rings is 1. The normalized spacial score (nSPS) is 11.3. The Balaban J connectivity index is 1.84. The molecule has 0 aliphatic carbocycles. The van der Waals surface area contributed by atoms with E-state index in [0.29, 0.717) is 6.54 Å². The molecular formula is C21H25N3O2. The van der Waals surface area contributed by atoms with E-state index in [1.165, 1.54) is 17.0 Å². The summed E-state index contributed by atoms with van der Waals surface area (Å²) in [4.78, 5) is 30.3. The number of hydrogen-bond acceptors (Lipinski definition) is 2. The van der Waals surface area contributed by atoms with Crippen LogP contribution in [0.5, 0.6) is 0 Å². The number of H-pyrrole nitrogens is 1. The van der Waals surface area contributed by atoms with Gasteiger partial charge in [0.2, 0.25) is 0 Å². The van der Waals surface area contributed by atoms with Gasteiger partial charge in [-0.15, -0.1) is 0 Å². The minimum Gasteiger partial charge on any atom is -0.361 e. The SMILES string of the molecule is Cc1cc(=O)c(C(=O)N(CCc2c[nH]c3ccccc23)C(C)C)cn1C. The van der Waals surface area contributed by atoms with Gasteiger partial charge in [0.15, 0.2) is 5.43 Å². The van der Waals surface area contributed by atoms with Gasteiger partial charge in [-0.3, -0.25) is 9.59 Å². The number of rotatable bonds is 5. The van der Waals surface area contributed by atoms with E-state index >= 15 is 0 Å². The molecule has 0 bridgehead atoms. The smallest absolute Gasteiger partial charge is 0.259 e. The summed E-state index contributed by atoms with van der Waals surface area (Å²) in [6.07, 6.45) is 4.37. The van der Waals surface area contributed by atoms with Crippen LogP contribution < -0.4 is 5.43 Å². The van der Waals surface area contributed by atoms with Crippen molar-refractivity contribution in [3.63, 3.8) is 0 Å². The maximum absolute atomic E-state index is 13.0. The zero-order valence-corrected chi connectivity index (χ0v) is 15.7. The first-order chi connectivity index (χ1) is 12.4. The Labute approximate surface area is 153 Å². The molecular weight excluding hydrogens is 326 g/mol. The average Bonchev–Trinajstić information content (AvgIpc) is 3.01. The number of aryl methyl sites for hydroxylation is 2. The van der Waals surface area contributed by atoms with Crippen LogP contribution in [0.25, 0.3) is 10.9 Å². The van der Waals surface area contributed by atoms with Crippen molar-refractivity contribution in [1.29, 1.82) is 0 Å². The summed E-state index contributed by atoms with van der Waals surface area (Å²) in [5.74, 6) is -0.208. The number of carbonyl (C=O) groups excluding carboxylic acids is 1. The van der Waals surface area contributed by atoms with E-state index in [1.807, 2.05) is 56.8 Å². The van der Waals surface area contributed by atoms with Crippen LogP contribution in [0.4, 0.5) is 0 Å². The van der Waals surface area contributed by atoms with Gasteiger partial charge in [0.25, 0.3) is 5.91 Å². The maximum Gasteiger partial charge on any atom is 0.259 e. The highest BCUT2D eigenvalue weighted by Crippen LogP contribution is 2.19. The summed E-state index contributed by atoms with van der Waals surface area (Å²) in [5, 5.41) is 1.18. The number of para-hydroxylation sites is 1. The minimum absolute atomic E-state index is 0.0127. The predicted octanol–water partition coefficient (Wildman–Crippen LogP) is 3.27. The molecule has 0 fully saturated rings. The van der Waals surface area contributed by atoms with E-state index in [-0.39, 0.29) is 22.9 Å². The van der Waals surface area contributed by atoms with Gasteiger partial charge in [0, 0.05) is 54.7 Å². The first-order valence-corrected chi connectivity index (χ1v) is 8.91. The minimum atomic E-state index is -0.219. The van der Waals surface area contributed by atoms with Gasteiger partial charge >= 0.3 is 0 Å². The molecule has 5 nitrogen and oxygen atoms in total. The van der Waals surface area contributed by atoms with Gasteiger partial charge < -0.3 is 14.5 Å². The lowest BCUT2D eigenvalue weighted by atomic mass is 10.1. The van der Waals surface area contributed by atoms with E-state index in [9.17, 15) is 9.59 Å². The van der Waals surface area contributed by atoms with E-state index in [2.05, 4.69) is 11.1 Å². The monoisotopic (exact) mass is 351 g/mol. The Kier molecular flexibility index (Phi) is 4.98. The summed E-state index contributed by atoms with van der Waals surface area (Å²) in [7, 11) is 1.84. The van der Waals surface area contributed by atoms with Crippen LogP contribution in [-0.4, -0.2) is 32.9 Å². The van der Waals surface area contributed by atoms with Crippen molar-refractivity contribution in [2.75, 3.05) is 6.54 Å². The Morgan fingerprint density at radius 1 is 1.27 bits per heavy atom. The van der Waals surface area contributed by atoms with Crippen LogP contribution in [0, 0.1) is 6.92 Å². The third kappa shape index (κ3) is 3.43. The van der Waals surface area contributed by atoms with Crippen molar-refractivity contribution >= 4 is 16.8 Å². The van der Waals surface area contributed by atoms with Crippen molar-refractivity contribution in [3.05, 3.63) is 69.8 Å². The van der Waals surface area contributed by atoms with Crippen molar-refractivity contribution in [2.24, 2.45) is 7.05 Å². The lowest BCUT2D eigenvalue weighted by Crippen LogP contribution is -2.40. The van der Waals surface area contributed by atoms with Crippen molar-refractivity contribution in [1.82, 2.24) is 14.5 Å². The summed E-state index contributed by atoms with van der Waals surface area (Å²) >= 11 is 0. The number of carbonyl (C=O) groups is 1. The highest BCUT2D eigenvalue weighted by Gasteiger charge is 2.22. The number of amides is 1. The molecule has 0 aliphatic heterocycles. The van der Waals surface area contributed by atoms with Crippen molar-refractivity contribution in [2.45, 2.75) is 33.2 Å². The van der Waals surface area contributed by atoms with Gasteiger partial charge in [-0.25, -0.2) is 0 Å². The molecule has 0 atom stereocenters. The summed E-state index contributed by atoms with van der Waals surface area (Å²) < 4.78 is 1.81. The van der Waals surface area contributed by atoms with E-state index in [4.69, 9.17) is 0 Å². The Morgan fingerprint density at radius 2 is 2.00 bits per heavy atom. The Bertz CT molecular complexity index is 998. The molecule has 0 spiro atoms. The number of nitrogens with one attached hydrogen (secondary N) is 1. The van der Waals surface area contributed by atoms with E-state index in [1.54, 1.807) is 11.1 Å². The molecule has 2 aromatic heterocycles. The number of aromatic nitrogens is 2. The fourth-order valence-electron chi connectivity index (χ4n) is 3.22. The first-order valence-electron chi connectivity index (χ1n) is 8.91. The third-order valence-electron chi connectivity index (χ3n) is 4.90. The van der Waals surface area contributed by atoms with E-state index in [0.717, 1.165) is 17.6 Å². The van der Waals surface area contributed by atoms with Gasteiger partial charge in [-0.1, -0.05) is 18.2 Å². The molecule has 136 valence electrons. The second-order valence-electron chi connectivity index (χ2n) is 7.01. The van der Waals surface area contributed by atoms with Crippen LogP contribution in [0.2, 0.25) is 0 Å². The molecule has 1 amide bonds. The van der Waals surface area contributed by atoms with Gasteiger partial charge in [-0.05, 0) is 38.8 Å². The second kappa shape index (κ2) is 7.20. The number of fused-ring (bicyclic) bond motifs is 1. The lowest BCUT2D eigenvalue weighted by molar-refractivity contribution is 0.0706. The molecule has 0 aliphatic rings. The van der Waals surface area contributed by atoms with Crippen molar-refractivity contribution in [3.8, 4) is 0 Å². The summed E-state index contributed by atoms with van der Waals surface area (Å²) in [5.41, 5.74) is 3.11. The molecule has 0 radical (unpaired) electrons. The highest BCUT2D eigenvalue weighted by atomic mass is 16.2. The Hall–Kier alpha value is -2.82. The fourth-order valence-corrected chi connectivity index (χ4v) is 3.22. The summed E-state index contributed by atoms with van der Waals surface area (Å²) in [6.45, 7) is 6.37. The summed E-state index contributed by atoms with van der Waals surface area (Å²) in [6, 6.07) is 9.67. The molecule has 26 heavy (non-hydrogen) atoms. The lowest BCUT2D eigenvalue weighted by Gasteiger charge is -2.27. The molecule has 0 unspecified atom stereocenters. The molecule has 1 N–H and O–H groups in total. The molecule has 3 rings (SSSR count). The third-order valence-corrected chi connectivity index (χ3v) is 4.90. The Morgan fingerprint density at radius 3 is 2.73 bits per heavy atom. The van der Waals surface area contributed by atoms with Crippen LogP contribution in [0.3, 0.4) is 0 Å².